The summed E-state index contributed by atoms with van der Waals surface area (Å²) in [6, 6.07) is 0.328. The molecule has 0 aliphatic heterocycles. The summed E-state index contributed by atoms with van der Waals surface area (Å²) < 4.78 is 1.77. The quantitative estimate of drug-likeness (QED) is 0.638. The summed E-state index contributed by atoms with van der Waals surface area (Å²) in [7, 11) is 0. The summed E-state index contributed by atoms with van der Waals surface area (Å²) in [6.07, 6.45) is 6.77. The van der Waals surface area contributed by atoms with E-state index >= 15 is 0 Å². The monoisotopic (exact) mass is 294 g/mol. The van der Waals surface area contributed by atoms with Gasteiger partial charge in [-0.25, -0.2) is 4.68 Å². The van der Waals surface area contributed by atoms with Gasteiger partial charge in [-0.3, -0.25) is 10.1 Å². The molecule has 0 bridgehead atoms. The summed E-state index contributed by atoms with van der Waals surface area (Å²) >= 11 is 0. The second-order valence-corrected chi connectivity index (χ2v) is 6.05. The van der Waals surface area contributed by atoms with Crippen molar-refractivity contribution < 1.29 is 4.92 Å². The summed E-state index contributed by atoms with van der Waals surface area (Å²) in [5.41, 5.74) is 0.640. The minimum Gasteiger partial charge on any atom is -0.362 e. The molecule has 2 rings (SSSR count). The van der Waals surface area contributed by atoms with Crippen molar-refractivity contribution in [2.45, 2.75) is 71.9 Å². The molecule has 6 nitrogen and oxygen atoms in total. The number of nitrogens with zero attached hydrogens (tertiary/aromatic N) is 3. The number of rotatable bonds is 6. The molecule has 1 saturated carbocycles. The Morgan fingerprint density at radius 1 is 1.43 bits per heavy atom. The highest BCUT2D eigenvalue weighted by molar-refractivity contribution is 5.60. The first-order valence-corrected chi connectivity index (χ1v) is 8.05. The highest BCUT2D eigenvalue weighted by Gasteiger charge is 2.29. The van der Waals surface area contributed by atoms with E-state index < -0.39 is 0 Å². The Balaban J connectivity index is 2.22. The fraction of sp³-hybridized carbons (Fsp3) is 0.800. The summed E-state index contributed by atoms with van der Waals surface area (Å²) in [6.45, 7) is 6.70. The fourth-order valence-electron chi connectivity index (χ4n) is 3.29. The standard InChI is InChI=1S/C15H26N4O2/c1-4-9-18-15(14(19(20)21)11(3)17-18)16-13-8-6-7-12(5-2)10-13/h12-13,16H,4-10H2,1-3H3. The lowest BCUT2D eigenvalue weighted by Gasteiger charge is -2.29. The van der Waals surface area contributed by atoms with Gasteiger partial charge in [0.15, 0.2) is 0 Å². The first-order chi connectivity index (χ1) is 10.1. The molecule has 6 heteroatoms. The molecule has 0 saturated heterocycles. The van der Waals surface area contributed by atoms with E-state index in [1.54, 1.807) is 11.6 Å². The van der Waals surface area contributed by atoms with E-state index in [0.717, 1.165) is 25.2 Å². The Morgan fingerprint density at radius 3 is 2.81 bits per heavy atom. The second-order valence-electron chi connectivity index (χ2n) is 6.05. The molecule has 1 aromatic rings. The first-order valence-electron chi connectivity index (χ1n) is 8.05. The highest BCUT2D eigenvalue weighted by Crippen LogP contribution is 2.33. The third-order valence-corrected chi connectivity index (χ3v) is 4.41. The van der Waals surface area contributed by atoms with Crippen molar-refractivity contribution in [3.8, 4) is 0 Å². The van der Waals surface area contributed by atoms with E-state index in [0.29, 0.717) is 24.1 Å². The predicted octanol–water partition coefficient (Wildman–Crippen LogP) is 3.89. The van der Waals surface area contributed by atoms with Gasteiger partial charge in [0.1, 0.15) is 5.69 Å². The third-order valence-electron chi connectivity index (χ3n) is 4.41. The highest BCUT2D eigenvalue weighted by atomic mass is 16.6. The van der Waals surface area contributed by atoms with Crippen LogP contribution in [0.1, 0.15) is 58.1 Å². The molecular formula is C15H26N4O2. The SMILES string of the molecule is CCCn1nc(C)c([N+](=O)[O-])c1NC1CCCC(CC)C1. The lowest BCUT2D eigenvalue weighted by Crippen LogP contribution is -2.28. The fourth-order valence-corrected chi connectivity index (χ4v) is 3.29. The molecule has 118 valence electrons. The molecule has 0 aromatic carbocycles. The number of nitrogens with one attached hydrogen (secondary N) is 1. The largest absolute Gasteiger partial charge is 0.362 e. The van der Waals surface area contributed by atoms with Crippen LogP contribution in [0, 0.1) is 23.0 Å². The molecule has 1 aromatic heterocycles. The van der Waals surface area contributed by atoms with E-state index in [4.69, 9.17) is 0 Å². The van der Waals surface area contributed by atoms with Crippen LogP contribution in [0.2, 0.25) is 0 Å². The van der Waals surface area contributed by atoms with Crippen LogP contribution < -0.4 is 5.32 Å². The van der Waals surface area contributed by atoms with Crippen LogP contribution in [0.15, 0.2) is 0 Å². The third kappa shape index (κ3) is 3.54. The zero-order valence-electron chi connectivity index (χ0n) is 13.3. The number of aromatic nitrogens is 2. The zero-order chi connectivity index (χ0) is 15.4. The van der Waals surface area contributed by atoms with Crippen molar-refractivity contribution in [3.63, 3.8) is 0 Å². The first kappa shape index (κ1) is 15.8. The van der Waals surface area contributed by atoms with Crippen LogP contribution in [0.4, 0.5) is 11.5 Å². The predicted molar refractivity (Wildman–Crippen MR) is 83.6 cm³/mol. The Kier molecular flexibility index (Phi) is 5.20. The van der Waals surface area contributed by atoms with Gasteiger partial charge in [-0.1, -0.05) is 33.1 Å². The molecule has 0 amide bonds. The van der Waals surface area contributed by atoms with Gasteiger partial charge in [0, 0.05) is 12.6 Å². The molecule has 1 fully saturated rings. The number of hydrogen-bond donors (Lipinski definition) is 1. The van der Waals surface area contributed by atoms with Crippen molar-refractivity contribution in [2.24, 2.45) is 5.92 Å². The molecule has 21 heavy (non-hydrogen) atoms. The topological polar surface area (TPSA) is 73.0 Å². The smallest absolute Gasteiger partial charge is 0.333 e. The van der Waals surface area contributed by atoms with Crippen LogP contribution in [0.5, 0.6) is 0 Å². The minimum atomic E-state index is -0.309. The average molecular weight is 294 g/mol. The van der Waals surface area contributed by atoms with Crippen molar-refractivity contribution >= 4 is 11.5 Å². The molecule has 2 unspecified atom stereocenters. The second kappa shape index (κ2) is 6.91. The van der Waals surface area contributed by atoms with E-state index in [1.165, 1.54) is 19.3 Å². The normalized spacial score (nSPS) is 22.2. The van der Waals surface area contributed by atoms with Crippen molar-refractivity contribution in [1.82, 2.24) is 9.78 Å². The molecule has 1 aliphatic rings. The van der Waals surface area contributed by atoms with Gasteiger partial charge in [-0.15, -0.1) is 0 Å². The molecule has 1 N–H and O–H groups in total. The lowest BCUT2D eigenvalue weighted by atomic mass is 9.84. The van der Waals surface area contributed by atoms with Crippen molar-refractivity contribution in [1.29, 1.82) is 0 Å². The number of nitro groups is 1. The zero-order valence-corrected chi connectivity index (χ0v) is 13.3. The van der Waals surface area contributed by atoms with Crippen LogP contribution in [0.25, 0.3) is 0 Å². The Bertz CT molecular complexity index is 498. The van der Waals surface area contributed by atoms with Gasteiger partial charge in [0.2, 0.25) is 5.82 Å². The van der Waals surface area contributed by atoms with E-state index in [2.05, 4.69) is 24.3 Å². The average Bonchev–Trinajstić information content (AvgIpc) is 2.75. The van der Waals surface area contributed by atoms with Gasteiger partial charge in [0.05, 0.1) is 4.92 Å². The summed E-state index contributed by atoms with van der Waals surface area (Å²) in [5.74, 6) is 1.33. The van der Waals surface area contributed by atoms with E-state index in [1.807, 2.05) is 0 Å². The van der Waals surface area contributed by atoms with Gasteiger partial charge >= 0.3 is 5.69 Å². The van der Waals surface area contributed by atoms with Gasteiger partial charge in [-0.05, 0) is 32.1 Å². The van der Waals surface area contributed by atoms with E-state index in [9.17, 15) is 10.1 Å². The molecular weight excluding hydrogens is 268 g/mol. The van der Waals surface area contributed by atoms with Crippen LogP contribution in [-0.4, -0.2) is 20.7 Å². The van der Waals surface area contributed by atoms with Crippen LogP contribution in [-0.2, 0) is 6.54 Å². The molecule has 0 radical (unpaired) electrons. The Hall–Kier alpha value is -1.59. The lowest BCUT2D eigenvalue weighted by molar-refractivity contribution is -0.384. The summed E-state index contributed by atoms with van der Waals surface area (Å²) in [4.78, 5) is 11.0. The maximum Gasteiger partial charge on any atom is 0.333 e. The number of anilines is 1. The molecule has 2 atom stereocenters. The maximum atomic E-state index is 11.3. The summed E-state index contributed by atoms with van der Waals surface area (Å²) in [5, 5.41) is 19.1. The molecule has 1 heterocycles. The van der Waals surface area contributed by atoms with Crippen molar-refractivity contribution in [2.75, 3.05) is 5.32 Å². The van der Waals surface area contributed by atoms with Gasteiger partial charge in [-0.2, -0.15) is 5.10 Å². The number of hydrogen-bond acceptors (Lipinski definition) is 4. The minimum absolute atomic E-state index is 0.141. The Labute approximate surface area is 126 Å². The molecule has 1 aliphatic carbocycles. The maximum absolute atomic E-state index is 11.3. The Morgan fingerprint density at radius 2 is 2.19 bits per heavy atom. The van der Waals surface area contributed by atoms with Crippen LogP contribution >= 0.6 is 0 Å². The van der Waals surface area contributed by atoms with Crippen molar-refractivity contribution in [3.05, 3.63) is 15.8 Å². The van der Waals surface area contributed by atoms with E-state index in [-0.39, 0.29) is 10.6 Å². The van der Waals surface area contributed by atoms with Gasteiger partial charge < -0.3 is 5.32 Å². The van der Waals surface area contributed by atoms with Crippen LogP contribution in [0.3, 0.4) is 0 Å². The number of aryl methyl sites for hydroxylation is 2. The molecule has 0 spiro atoms. The van der Waals surface area contributed by atoms with Gasteiger partial charge in [0.25, 0.3) is 0 Å².